The summed E-state index contributed by atoms with van der Waals surface area (Å²) in [6, 6.07) is 6.77. The van der Waals surface area contributed by atoms with Gasteiger partial charge >= 0.3 is 0 Å². The van der Waals surface area contributed by atoms with E-state index in [1.165, 1.54) is 18.9 Å². The summed E-state index contributed by atoms with van der Waals surface area (Å²) in [5.41, 5.74) is 6.65. The van der Waals surface area contributed by atoms with Gasteiger partial charge in [0.25, 0.3) is 0 Å². The fourth-order valence-electron chi connectivity index (χ4n) is 3.25. The number of fused-ring (bicyclic) bond motifs is 1. The molecule has 0 bridgehead atoms. The normalized spacial score (nSPS) is 25.0. The maximum atomic E-state index is 13.6. The lowest BCUT2D eigenvalue weighted by atomic mass is 9.95. The Labute approximate surface area is 112 Å². The Hall–Kier alpha value is -1.35. The van der Waals surface area contributed by atoms with Crippen molar-refractivity contribution >= 4 is 11.0 Å². The minimum absolute atomic E-state index is 0.108. The molecule has 1 fully saturated rings. The van der Waals surface area contributed by atoms with E-state index in [2.05, 4.69) is 6.92 Å². The zero-order valence-electron chi connectivity index (χ0n) is 11.2. The van der Waals surface area contributed by atoms with E-state index >= 15 is 0 Å². The first-order valence-electron chi connectivity index (χ1n) is 7.12. The number of benzene rings is 1. The number of hydrogen-bond donors (Lipinski definition) is 1. The third-order valence-corrected chi connectivity index (χ3v) is 4.51. The Morgan fingerprint density at radius 1 is 1.42 bits per heavy atom. The molecular formula is C16H20FNO. The molecule has 2 aromatic rings. The first-order valence-corrected chi connectivity index (χ1v) is 7.12. The molecule has 3 unspecified atom stereocenters. The van der Waals surface area contributed by atoms with Crippen molar-refractivity contribution in [3.63, 3.8) is 0 Å². The molecule has 0 aliphatic heterocycles. The van der Waals surface area contributed by atoms with E-state index in [4.69, 9.17) is 10.2 Å². The maximum Gasteiger partial charge on any atom is 0.169 e. The first kappa shape index (κ1) is 12.7. The highest BCUT2D eigenvalue weighted by atomic mass is 19.1. The summed E-state index contributed by atoms with van der Waals surface area (Å²) < 4.78 is 19.3. The van der Waals surface area contributed by atoms with Crippen LogP contribution >= 0.6 is 0 Å². The minimum atomic E-state index is -0.311. The van der Waals surface area contributed by atoms with E-state index in [-0.39, 0.29) is 11.9 Å². The van der Waals surface area contributed by atoms with Crippen molar-refractivity contribution in [1.29, 1.82) is 0 Å². The molecule has 1 saturated carbocycles. The van der Waals surface area contributed by atoms with Crippen LogP contribution in [0, 0.1) is 17.7 Å². The Morgan fingerprint density at radius 3 is 2.95 bits per heavy atom. The third kappa shape index (κ3) is 2.27. The summed E-state index contributed by atoms with van der Waals surface area (Å²) in [5, 5.41) is 0.801. The fourth-order valence-corrected chi connectivity index (χ4v) is 3.25. The molecule has 0 spiro atoms. The number of rotatable bonds is 3. The van der Waals surface area contributed by atoms with Crippen LogP contribution in [-0.4, -0.2) is 0 Å². The highest BCUT2D eigenvalue weighted by Crippen LogP contribution is 2.40. The van der Waals surface area contributed by atoms with Gasteiger partial charge in [-0.3, -0.25) is 0 Å². The molecule has 1 aliphatic rings. The molecule has 1 aromatic carbocycles. The van der Waals surface area contributed by atoms with Crippen molar-refractivity contribution in [3.05, 3.63) is 35.8 Å². The van der Waals surface area contributed by atoms with Crippen molar-refractivity contribution in [2.45, 2.75) is 38.6 Å². The second-order valence-electron chi connectivity index (χ2n) is 5.68. The highest BCUT2D eigenvalue weighted by molar-refractivity contribution is 5.78. The zero-order valence-corrected chi connectivity index (χ0v) is 11.2. The van der Waals surface area contributed by atoms with E-state index in [1.54, 1.807) is 6.07 Å². The molecule has 2 nitrogen and oxygen atoms in total. The van der Waals surface area contributed by atoms with Crippen LogP contribution < -0.4 is 5.73 Å². The molecule has 3 atom stereocenters. The molecule has 3 heteroatoms. The molecule has 2 N–H and O–H groups in total. The largest absolute Gasteiger partial charge is 0.456 e. The quantitative estimate of drug-likeness (QED) is 0.889. The minimum Gasteiger partial charge on any atom is -0.456 e. The molecule has 0 saturated heterocycles. The Morgan fingerprint density at radius 2 is 2.26 bits per heavy atom. The molecule has 0 radical (unpaired) electrons. The molecule has 1 aromatic heterocycles. The fraction of sp³-hybridized carbons (Fsp3) is 0.500. The van der Waals surface area contributed by atoms with E-state index in [0.29, 0.717) is 11.5 Å². The van der Waals surface area contributed by atoms with E-state index in [9.17, 15) is 4.39 Å². The number of halogens is 1. The van der Waals surface area contributed by atoms with Crippen molar-refractivity contribution in [3.8, 4) is 0 Å². The van der Waals surface area contributed by atoms with Gasteiger partial charge in [0.1, 0.15) is 5.76 Å². The summed E-state index contributed by atoms with van der Waals surface area (Å²) in [6.07, 6.45) is 4.79. The van der Waals surface area contributed by atoms with Gasteiger partial charge in [-0.15, -0.1) is 0 Å². The van der Waals surface area contributed by atoms with E-state index < -0.39 is 0 Å². The number of nitrogens with two attached hydrogens (primary N) is 1. The summed E-state index contributed by atoms with van der Waals surface area (Å²) in [7, 11) is 0. The molecule has 0 amide bonds. The second-order valence-corrected chi connectivity index (χ2v) is 5.68. The molecular weight excluding hydrogens is 241 g/mol. The molecule has 19 heavy (non-hydrogen) atoms. The molecule has 1 aliphatic carbocycles. The Bertz CT molecular complexity index is 577. The standard InChI is InChI=1S/C16H20FNO/c1-2-10-6-7-11(8-10)15(18)14-9-12-4-3-5-13(17)16(12)19-14/h3-5,9-11,15H,2,6-8,18H2,1H3. The van der Waals surface area contributed by atoms with Gasteiger partial charge in [-0.1, -0.05) is 31.9 Å². The van der Waals surface area contributed by atoms with Gasteiger partial charge in [-0.2, -0.15) is 0 Å². The summed E-state index contributed by atoms with van der Waals surface area (Å²) >= 11 is 0. The van der Waals surface area contributed by atoms with Crippen LogP contribution in [0.25, 0.3) is 11.0 Å². The van der Waals surface area contributed by atoms with Crippen molar-refractivity contribution in [2.75, 3.05) is 0 Å². The van der Waals surface area contributed by atoms with Crippen LogP contribution in [-0.2, 0) is 0 Å². The van der Waals surface area contributed by atoms with Crippen LogP contribution in [0.3, 0.4) is 0 Å². The van der Waals surface area contributed by atoms with Gasteiger partial charge in [0.2, 0.25) is 0 Å². The van der Waals surface area contributed by atoms with Gasteiger partial charge < -0.3 is 10.2 Å². The maximum absolute atomic E-state index is 13.6. The van der Waals surface area contributed by atoms with Crippen LogP contribution in [0.2, 0.25) is 0 Å². The predicted octanol–water partition coefficient (Wildman–Crippen LogP) is 4.40. The zero-order chi connectivity index (χ0) is 13.4. The topological polar surface area (TPSA) is 39.2 Å². The Kier molecular flexibility index (Phi) is 3.31. The number of hydrogen-bond acceptors (Lipinski definition) is 2. The predicted molar refractivity (Wildman–Crippen MR) is 74.2 cm³/mol. The lowest BCUT2D eigenvalue weighted by molar-refractivity contribution is 0.364. The molecule has 102 valence electrons. The van der Waals surface area contributed by atoms with Crippen LogP contribution in [0.15, 0.2) is 28.7 Å². The van der Waals surface area contributed by atoms with Crippen molar-refractivity contribution in [1.82, 2.24) is 0 Å². The third-order valence-electron chi connectivity index (χ3n) is 4.51. The average Bonchev–Trinajstić information content (AvgIpc) is 3.05. The van der Waals surface area contributed by atoms with E-state index in [0.717, 1.165) is 29.9 Å². The van der Waals surface area contributed by atoms with Crippen LogP contribution in [0.5, 0.6) is 0 Å². The Balaban J connectivity index is 1.86. The van der Waals surface area contributed by atoms with Crippen LogP contribution in [0.1, 0.15) is 44.4 Å². The summed E-state index contributed by atoms with van der Waals surface area (Å²) in [6.45, 7) is 2.23. The first-order chi connectivity index (χ1) is 9.19. The summed E-state index contributed by atoms with van der Waals surface area (Å²) in [4.78, 5) is 0. The highest BCUT2D eigenvalue weighted by Gasteiger charge is 2.30. The monoisotopic (exact) mass is 261 g/mol. The van der Waals surface area contributed by atoms with Crippen molar-refractivity contribution in [2.24, 2.45) is 17.6 Å². The molecule has 1 heterocycles. The number of para-hydroxylation sites is 1. The van der Waals surface area contributed by atoms with Gasteiger partial charge in [-0.05, 0) is 36.8 Å². The second kappa shape index (κ2) is 4.97. The van der Waals surface area contributed by atoms with Crippen molar-refractivity contribution < 1.29 is 8.81 Å². The average molecular weight is 261 g/mol. The lowest BCUT2D eigenvalue weighted by Crippen LogP contribution is -2.18. The van der Waals surface area contributed by atoms with Crippen LogP contribution in [0.4, 0.5) is 4.39 Å². The lowest BCUT2D eigenvalue weighted by Gasteiger charge is -2.16. The SMILES string of the molecule is CCC1CCC(C(N)c2cc3cccc(F)c3o2)C1. The van der Waals surface area contributed by atoms with Gasteiger partial charge in [0.15, 0.2) is 11.4 Å². The molecule has 3 rings (SSSR count). The summed E-state index contributed by atoms with van der Waals surface area (Å²) in [5.74, 6) is 1.67. The van der Waals surface area contributed by atoms with Gasteiger partial charge in [0, 0.05) is 5.39 Å². The smallest absolute Gasteiger partial charge is 0.169 e. The van der Waals surface area contributed by atoms with Gasteiger partial charge in [-0.25, -0.2) is 4.39 Å². The number of furan rings is 1. The van der Waals surface area contributed by atoms with Gasteiger partial charge in [0.05, 0.1) is 6.04 Å². The van der Waals surface area contributed by atoms with E-state index in [1.807, 2.05) is 12.1 Å².